The minimum Gasteiger partial charge on any atom is -0.493 e. The quantitative estimate of drug-likeness (QED) is 0.850. The first-order chi connectivity index (χ1) is 7.63. The summed E-state index contributed by atoms with van der Waals surface area (Å²) in [5.74, 6) is 1.41. The van der Waals surface area contributed by atoms with Gasteiger partial charge in [-0.2, -0.15) is 0 Å². The second-order valence-electron chi connectivity index (χ2n) is 4.07. The van der Waals surface area contributed by atoms with E-state index >= 15 is 0 Å². The Hall–Kier alpha value is -1.48. The molecule has 1 atom stereocenters. The van der Waals surface area contributed by atoms with Crippen LogP contribution in [0.25, 0.3) is 6.08 Å². The van der Waals surface area contributed by atoms with Gasteiger partial charge in [-0.05, 0) is 25.5 Å². The zero-order chi connectivity index (χ0) is 11.7. The molecule has 16 heavy (non-hydrogen) atoms. The number of fused-ring (bicyclic) bond motifs is 1. The lowest BCUT2D eigenvalue weighted by Crippen LogP contribution is -2.08. The van der Waals surface area contributed by atoms with Crippen molar-refractivity contribution in [3.63, 3.8) is 0 Å². The van der Waals surface area contributed by atoms with Crippen molar-refractivity contribution in [2.45, 2.75) is 26.1 Å². The molecule has 1 aliphatic carbocycles. The summed E-state index contributed by atoms with van der Waals surface area (Å²) >= 11 is 0. The summed E-state index contributed by atoms with van der Waals surface area (Å²) in [5.41, 5.74) is 1.79. The number of benzene rings is 1. The molecule has 3 nitrogen and oxygen atoms in total. The average molecular weight is 220 g/mol. The summed E-state index contributed by atoms with van der Waals surface area (Å²) in [6, 6.07) is 3.69. The average Bonchev–Trinajstić information content (AvgIpc) is 2.61. The molecule has 2 rings (SSSR count). The fourth-order valence-electron chi connectivity index (χ4n) is 1.83. The molecular weight excluding hydrogens is 204 g/mol. The molecule has 86 valence electrons. The normalized spacial score (nSPS) is 17.7. The van der Waals surface area contributed by atoms with Crippen LogP contribution in [-0.4, -0.2) is 18.3 Å². The predicted molar refractivity (Wildman–Crippen MR) is 62.8 cm³/mol. The molecule has 0 saturated carbocycles. The van der Waals surface area contributed by atoms with Crippen molar-refractivity contribution in [2.24, 2.45) is 0 Å². The van der Waals surface area contributed by atoms with Gasteiger partial charge in [-0.1, -0.05) is 18.2 Å². The Morgan fingerprint density at radius 3 is 2.69 bits per heavy atom. The highest BCUT2D eigenvalue weighted by Gasteiger charge is 2.22. The summed E-state index contributed by atoms with van der Waals surface area (Å²) in [6.45, 7) is 3.93. The molecule has 3 heteroatoms. The number of hydrogen-bond donors (Lipinski definition) is 1. The van der Waals surface area contributed by atoms with E-state index in [-0.39, 0.29) is 6.10 Å². The van der Waals surface area contributed by atoms with Gasteiger partial charge in [0.1, 0.15) is 0 Å². The SMILES string of the molecule is COc1ccc2c(c1OC(C)C)C=CC2O. The molecular formula is C13H16O3. The van der Waals surface area contributed by atoms with E-state index in [0.29, 0.717) is 11.5 Å². The standard InChI is InChI=1S/C13H16O3/c1-8(2)16-13-10-4-6-11(14)9(10)5-7-12(13)15-3/h4-8,11,14H,1-3H3. The lowest BCUT2D eigenvalue weighted by molar-refractivity contribution is 0.221. The Balaban J connectivity index is 2.50. The Morgan fingerprint density at radius 2 is 2.06 bits per heavy atom. The molecule has 1 aliphatic rings. The van der Waals surface area contributed by atoms with E-state index in [4.69, 9.17) is 9.47 Å². The summed E-state index contributed by atoms with van der Waals surface area (Å²) in [6.07, 6.45) is 3.17. The van der Waals surface area contributed by atoms with Crippen LogP contribution in [0.5, 0.6) is 11.5 Å². The van der Waals surface area contributed by atoms with Crippen LogP contribution in [-0.2, 0) is 0 Å². The van der Waals surface area contributed by atoms with Crippen LogP contribution >= 0.6 is 0 Å². The third-order valence-corrected chi connectivity index (χ3v) is 2.53. The minimum absolute atomic E-state index is 0.0755. The predicted octanol–water partition coefficient (Wildman–Crippen LogP) is 2.54. The highest BCUT2D eigenvalue weighted by Crippen LogP contribution is 2.41. The molecule has 0 fully saturated rings. The number of methoxy groups -OCH3 is 1. The van der Waals surface area contributed by atoms with E-state index in [1.54, 1.807) is 13.2 Å². The molecule has 0 amide bonds. The fraction of sp³-hybridized carbons (Fsp3) is 0.385. The molecule has 0 bridgehead atoms. The molecule has 1 N–H and O–H groups in total. The third kappa shape index (κ3) is 1.78. The molecule has 1 aromatic carbocycles. The molecule has 1 unspecified atom stereocenters. The first kappa shape index (κ1) is 11.0. The van der Waals surface area contributed by atoms with E-state index in [2.05, 4.69) is 0 Å². The zero-order valence-corrected chi connectivity index (χ0v) is 9.73. The summed E-state index contributed by atoms with van der Waals surface area (Å²) in [7, 11) is 1.62. The van der Waals surface area contributed by atoms with Gasteiger partial charge in [-0.15, -0.1) is 0 Å². The van der Waals surface area contributed by atoms with Gasteiger partial charge in [0.15, 0.2) is 11.5 Å². The van der Waals surface area contributed by atoms with Crippen molar-refractivity contribution in [3.8, 4) is 11.5 Å². The second kappa shape index (κ2) is 4.18. The lowest BCUT2D eigenvalue weighted by Gasteiger charge is -2.17. The molecule has 0 saturated heterocycles. The second-order valence-corrected chi connectivity index (χ2v) is 4.07. The van der Waals surface area contributed by atoms with Crippen molar-refractivity contribution in [1.29, 1.82) is 0 Å². The third-order valence-electron chi connectivity index (χ3n) is 2.53. The van der Waals surface area contributed by atoms with E-state index < -0.39 is 6.10 Å². The van der Waals surface area contributed by atoms with Crippen LogP contribution in [0.15, 0.2) is 18.2 Å². The summed E-state index contributed by atoms with van der Waals surface area (Å²) < 4.78 is 11.0. The lowest BCUT2D eigenvalue weighted by atomic mass is 10.1. The number of hydrogen-bond acceptors (Lipinski definition) is 3. The van der Waals surface area contributed by atoms with E-state index in [1.807, 2.05) is 32.1 Å². The van der Waals surface area contributed by atoms with Crippen molar-refractivity contribution in [2.75, 3.05) is 7.11 Å². The molecule has 0 radical (unpaired) electrons. The summed E-state index contributed by atoms with van der Waals surface area (Å²) in [4.78, 5) is 0. The monoisotopic (exact) mass is 220 g/mol. The van der Waals surface area contributed by atoms with E-state index in [1.165, 1.54) is 0 Å². The first-order valence-corrected chi connectivity index (χ1v) is 5.37. The van der Waals surface area contributed by atoms with Crippen LogP contribution in [0.4, 0.5) is 0 Å². The first-order valence-electron chi connectivity index (χ1n) is 5.37. The van der Waals surface area contributed by atoms with Gasteiger partial charge >= 0.3 is 0 Å². The number of aliphatic hydroxyl groups is 1. The topological polar surface area (TPSA) is 38.7 Å². The van der Waals surface area contributed by atoms with Crippen molar-refractivity contribution in [1.82, 2.24) is 0 Å². The van der Waals surface area contributed by atoms with Gasteiger partial charge in [0.25, 0.3) is 0 Å². The largest absolute Gasteiger partial charge is 0.493 e. The molecule has 0 aromatic heterocycles. The maximum Gasteiger partial charge on any atom is 0.169 e. The van der Waals surface area contributed by atoms with Crippen LogP contribution < -0.4 is 9.47 Å². The van der Waals surface area contributed by atoms with Crippen LogP contribution in [0.1, 0.15) is 31.1 Å². The van der Waals surface area contributed by atoms with Crippen LogP contribution in [0.2, 0.25) is 0 Å². The Morgan fingerprint density at radius 1 is 1.31 bits per heavy atom. The Labute approximate surface area is 95.3 Å². The highest BCUT2D eigenvalue weighted by molar-refractivity contribution is 5.70. The summed E-state index contributed by atoms with van der Waals surface area (Å²) in [5, 5.41) is 9.72. The molecule has 0 heterocycles. The zero-order valence-electron chi connectivity index (χ0n) is 9.73. The maximum atomic E-state index is 9.72. The highest BCUT2D eigenvalue weighted by atomic mass is 16.5. The number of aliphatic hydroxyl groups excluding tert-OH is 1. The van der Waals surface area contributed by atoms with Crippen LogP contribution in [0.3, 0.4) is 0 Å². The van der Waals surface area contributed by atoms with Gasteiger partial charge in [-0.25, -0.2) is 0 Å². The Bertz CT molecular complexity index is 421. The molecule has 0 aliphatic heterocycles. The number of rotatable bonds is 3. The fourth-order valence-corrected chi connectivity index (χ4v) is 1.83. The smallest absolute Gasteiger partial charge is 0.169 e. The van der Waals surface area contributed by atoms with E-state index in [9.17, 15) is 5.11 Å². The van der Waals surface area contributed by atoms with Gasteiger partial charge in [0.2, 0.25) is 0 Å². The Kier molecular flexibility index (Phi) is 2.88. The van der Waals surface area contributed by atoms with Crippen LogP contribution in [0, 0.1) is 0 Å². The van der Waals surface area contributed by atoms with Crippen molar-refractivity contribution >= 4 is 6.08 Å². The van der Waals surface area contributed by atoms with E-state index in [0.717, 1.165) is 11.1 Å². The molecule has 0 spiro atoms. The molecule has 1 aromatic rings. The maximum absolute atomic E-state index is 9.72. The van der Waals surface area contributed by atoms with Gasteiger partial charge in [0.05, 0.1) is 19.3 Å². The van der Waals surface area contributed by atoms with Gasteiger partial charge in [0, 0.05) is 5.56 Å². The van der Waals surface area contributed by atoms with Gasteiger partial charge in [-0.3, -0.25) is 0 Å². The van der Waals surface area contributed by atoms with Crippen molar-refractivity contribution < 1.29 is 14.6 Å². The van der Waals surface area contributed by atoms with Crippen molar-refractivity contribution in [3.05, 3.63) is 29.3 Å². The minimum atomic E-state index is -0.532. The van der Waals surface area contributed by atoms with Gasteiger partial charge < -0.3 is 14.6 Å². The number of ether oxygens (including phenoxy) is 2.